The van der Waals surface area contributed by atoms with Gasteiger partial charge < -0.3 is 14.4 Å². The van der Waals surface area contributed by atoms with E-state index in [0.29, 0.717) is 13.1 Å². The monoisotopic (exact) mass is 307 g/mol. The molecule has 0 aliphatic heterocycles. The Kier molecular flexibility index (Phi) is 6.89. The average molecular weight is 307 g/mol. The molecule has 0 spiro atoms. The molecule has 1 aromatic carbocycles. The topological polar surface area (TPSA) is 55.8 Å². The maximum absolute atomic E-state index is 12.4. The molecule has 5 heteroatoms. The summed E-state index contributed by atoms with van der Waals surface area (Å²) < 4.78 is 9.87. The van der Waals surface area contributed by atoms with Gasteiger partial charge in [-0.2, -0.15) is 0 Å². The van der Waals surface area contributed by atoms with Crippen molar-refractivity contribution >= 4 is 11.9 Å². The van der Waals surface area contributed by atoms with Crippen molar-refractivity contribution in [2.75, 3.05) is 20.8 Å². The van der Waals surface area contributed by atoms with Crippen molar-refractivity contribution in [3.8, 4) is 5.75 Å². The molecule has 0 fully saturated rings. The number of ether oxygens (including phenoxy) is 2. The highest BCUT2D eigenvalue weighted by Gasteiger charge is 2.23. The van der Waals surface area contributed by atoms with Crippen LogP contribution in [0.4, 0.5) is 0 Å². The maximum atomic E-state index is 12.4. The van der Waals surface area contributed by atoms with Crippen LogP contribution in [-0.4, -0.2) is 37.5 Å². The third-order valence-corrected chi connectivity index (χ3v) is 3.44. The summed E-state index contributed by atoms with van der Waals surface area (Å²) in [5.74, 6) is 0.00492. The molecule has 0 heterocycles. The van der Waals surface area contributed by atoms with Crippen LogP contribution in [-0.2, 0) is 20.9 Å². The van der Waals surface area contributed by atoms with E-state index in [1.165, 1.54) is 7.11 Å². The van der Waals surface area contributed by atoms with Gasteiger partial charge in [-0.25, -0.2) is 0 Å². The Morgan fingerprint density at radius 2 is 1.68 bits per heavy atom. The summed E-state index contributed by atoms with van der Waals surface area (Å²) in [5.41, 5.74) is 0.992. The molecule has 0 aromatic heterocycles. The van der Waals surface area contributed by atoms with Crippen molar-refractivity contribution in [1.29, 1.82) is 0 Å². The Labute approximate surface area is 132 Å². The standard InChI is InChI=1S/C17H25NO4/c1-12(2)16(19)18(10-13(3)17(20)22-5)11-14-6-8-15(21-4)9-7-14/h6-9,12-13H,10-11H2,1-5H3. The van der Waals surface area contributed by atoms with Gasteiger partial charge in [0.15, 0.2) is 0 Å². The first-order valence-electron chi connectivity index (χ1n) is 7.38. The second-order valence-electron chi connectivity index (χ2n) is 5.65. The van der Waals surface area contributed by atoms with E-state index in [1.54, 1.807) is 18.9 Å². The summed E-state index contributed by atoms with van der Waals surface area (Å²) in [7, 11) is 2.97. The van der Waals surface area contributed by atoms with Gasteiger partial charge >= 0.3 is 5.97 Å². The van der Waals surface area contributed by atoms with Crippen molar-refractivity contribution in [3.63, 3.8) is 0 Å². The van der Waals surface area contributed by atoms with Crippen molar-refractivity contribution in [2.24, 2.45) is 11.8 Å². The largest absolute Gasteiger partial charge is 0.497 e. The number of methoxy groups -OCH3 is 2. The first-order chi connectivity index (χ1) is 10.4. The molecule has 1 amide bonds. The molecule has 1 unspecified atom stereocenters. The second-order valence-corrected chi connectivity index (χ2v) is 5.65. The zero-order valence-electron chi connectivity index (χ0n) is 14.0. The summed E-state index contributed by atoms with van der Waals surface area (Å²) in [6, 6.07) is 7.55. The molecule has 0 bridgehead atoms. The fourth-order valence-corrected chi connectivity index (χ4v) is 2.16. The molecule has 0 N–H and O–H groups in total. The van der Waals surface area contributed by atoms with Gasteiger partial charge in [0.05, 0.1) is 20.1 Å². The zero-order valence-corrected chi connectivity index (χ0v) is 14.0. The molecule has 5 nitrogen and oxygen atoms in total. The lowest BCUT2D eigenvalue weighted by Gasteiger charge is -2.27. The van der Waals surface area contributed by atoms with Crippen molar-refractivity contribution in [3.05, 3.63) is 29.8 Å². The van der Waals surface area contributed by atoms with Crippen LogP contribution in [0.5, 0.6) is 5.75 Å². The van der Waals surface area contributed by atoms with Crippen LogP contribution in [0, 0.1) is 11.8 Å². The van der Waals surface area contributed by atoms with E-state index in [4.69, 9.17) is 9.47 Å². The van der Waals surface area contributed by atoms with Crippen molar-refractivity contribution < 1.29 is 19.1 Å². The molecule has 0 saturated heterocycles. The number of esters is 1. The first kappa shape index (κ1) is 18.0. The number of rotatable bonds is 7. The van der Waals surface area contributed by atoms with Crippen LogP contribution in [0.25, 0.3) is 0 Å². The quantitative estimate of drug-likeness (QED) is 0.726. The predicted octanol–water partition coefficient (Wildman–Crippen LogP) is 2.49. The SMILES string of the molecule is COC(=O)C(C)CN(Cc1ccc(OC)cc1)C(=O)C(C)C. The zero-order chi connectivity index (χ0) is 16.7. The molecular weight excluding hydrogens is 282 g/mol. The van der Waals surface area contributed by atoms with Gasteiger partial charge in [0.25, 0.3) is 0 Å². The van der Waals surface area contributed by atoms with Crippen LogP contribution in [0.2, 0.25) is 0 Å². The van der Waals surface area contributed by atoms with Crippen molar-refractivity contribution in [2.45, 2.75) is 27.3 Å². The fraction of sp³-hybridized carbons (Fsp3) is 0.529. The Morgan fingerprint density at radius 3 is 2.14 bits per heavy atom. The lowest BCUT2D eigenvalue weighted by molar-refractivity contribution is -0.147. The third kappa shape index (κ3) is 5.06. The van der Waals surface area contributed by atoms with Gasteiger partial charge in [0.1, 0.15) is 5.75 Å². The van der Waals surface area contributed by atoms with E-state index in [1.807, 2.05) is 38.1 Å². The van der Waals surface area contributed by atoms with E-state index in [0.717, 1.165) is 11.3 Å². The molecule has 0 radical (unpaired) electrons. The Morgan fingerprint density at radius 1 is 1.09 bits per heavy atom. The minimum atomic E-state index is -0.356. The Bertz CT molecular complexity index is 496. The van der Waals surface area contributed by atoms with E-state index >= 15 is 0 Å². The number of amides is 1. The highest BCUT2D eigenvalue weighted by Crippen LogP contribution is 2.16. The highest BCUT2D eigenvalue weighted by molar-refractivity contribution is 5.79. The molecule has 1 aromatic rings. The van der Waals surface area contributed by atoms with E-state index in [-0.39, 0.29) is 23.7 Å². The van der Waals surface area contributed by atoms with E-state index < -0.39 is 0 Å². The first-order valence-corrected chi connectivity index (χ1v) is 7.38. The van der Waals surface area contributed by atoms with Gasteiger partial charge in [0.2, 0.25) is 5.91 Å². The number of hydrogen-bond acceptors (Lipinski definition) is 4. The van der Waals surface area contributed by atoms with Crippen LogP contribution < -0.4 is 4.74 Å². The van der Waals surface area contributed by atoms with Gasteiger partial charge in [-0.3, -0.25) is 9.59 Å². The van der Waals surface area contributed by atoms with Crippen LogP contribution in [0.1, 0.15) is 26.3 Å². The van der Waals surface area contributed by atoms with Crippen molar-refractivity contribution in [1.82, 2.24) is 4.90 Å². The minimum Gasteiger partial charge on any atom is -0.497 e. The average Bonchev–Trinajstić information content (AvgIpc) is 2.53. The Balaban J connectivity index is 2.85. The predicted molar refractivity (Wildman–Crippen MR) is 84.4 cm³/mol. The van der Waals surface area contributed by atoms with Gasteiger partial charge in [-0.05, 0) is 17.7 Å². The summed E-state index contributed by atoms with van der Waals surface area (Å²) in [4.78, 5) is 25.7. The summed E-state index contributed by atoms with van der Waals surface area (Å²) in [6.07, 6.45) is 0. The third-order valence-electron chi connectivity index (χ3n) is 3.44. The number of carbonyl (C=O) groups excluding carboxylic acids is 2. The highest BCUT2D eigenvalue weighted by atomic mass is 16.5. The molecule has 1 rings (SSSR count). The van der Waals surface area contributed by atoms with E-state index in [2.05, 4.69) is 0 Å². The lowest BCUT2D eigenvalue weighted by Crippen LogP contribution is -2.39. The molecule has 22 heavy (non-hydrogen) atoms. The summed E-state index contributed by atoms with van der Waals surface area (Å²) in [5, 5.41) is 0. The number of carbonyl (C=O) groups is 2. The number of benzene rings is 1. The van der Waals surface area contributed by atoms with Crippen LogP contribution in [0.15, 0.2) is 24.3 Å². The van der Waals surface area contributed by atoms with Gasteiger partial charge in [-0.1, -0.05) is 32.9 Å². The fourth-order valence-electron chi connectivity index (χ4n) is 2.16. The number of nitrogens with zero attached hydrogens (tertiary/aromatic N) is 1. The molecule has 0 saturated carbocycles. The Hall–Kier alpha value is -2.04. The smallest absolute Gasteiger partial charge is 0.310 e. The summed E-state index contributed by atoms with van der Waals surface area (Å²) in [6.45, 7) is 6.27. The van der Waals surface area contributed by atoms with E-state index in [9.17, 15) is 9.59 Å². The minimum absolute atomic E-state index is 0.0200. The maximum Gasteiger partial charge on any atom is 0.310 e. The summed E-state index contributed by atoms with van der Waals surface area (Å²) >= 11 is 0. The normalized spacial score (nSPS) is 11.9. The van der Waals surface area contributed by atoms with Gasteiger partial charge in [0, 0.05) is 19.0 Å². The lowest BCUT2D eigenvalue weighted by atomic mass is 10.1. The molecule has 1 atom stereocenters. The molecule has 122 valence electrons. The molecular formula is C17H25NO4. The van der Waals surface area contributed by atoms with Gasteiger partial charge in [-0.15, -0.1) is 0 Å². The molecule has 0 aliphatic rings. The molecule has 0 aliphatic carbocycles. The number of hydrogen-bond donors (Lipinski definition) is 0. The van der Waals surface area contributed by atoms with Crippen LogP contribution >= 0.6 is 0 Å². The van der Waals surface area contributed by atoms with Crippen LogP contribution in [0.3, 0.4) is 0 Å². The second kappa shape index (κ2) is 8.41.